The molecule has 1 aromatic heterocycles. The Hall–Kier alpha value is -1.43. The number of nitrogens with two attached hydrogens (primary N) is 1. The number of hydrogen-bond acceptors (Lipinski definition) is 5. The lowest BCUT2D eigenvalue weighted by atomic mass is 10.3. The molecular weight excluding hydrogens is 286 g/mol. The average Bonchev–Trinajstić information content (AvgIpc) is 3.05. The highest BCUT2D eigenvalue weighted by atomic mass is 32.1. The fraction of sp³-hybridized carbons (Fsp3) is 0.667. The van der Waals surface area contributed by atoms with Crippen LogP contribution in [0.25, 0.3) is 0 Å². The number of nitrogen functional groups attached to an aromatic ring is 1. The summed E-state index contributed by atoms with van der Waals surface area (Å²) in [5.74, 6) is 0.581. The molecule has 0 radical (unpaired) electrons. The number of hydrogen-bond donors (Lipinski definition) is 2. The van der Waals surface area contributed by atoms with Crippen LogP contribution in [0.3, 0.4) is 0 Å². The number of thiophene rings is 1. The maximum absolute atomic E-state index is 12.2. The molecule has 1 saturated heterocycles. The summed E-state index contributed by atoms with van der Waals surface area (Å²) in [4.78, 5) is 15.1. The molecule has 0 spiro atoms. The van der Waals surface area contributed by atoms with Crippen molar-refractivity contribution in [3.63, 3.8) is 0 Å². The van der Waals surface area contributed by atoms with E-state index in [1.54, 1.807) is 0 Å². The first-order valence-electron chi connectivity index (χ1n) is 7.66. The van der Waals surface area contributed by atoms with Crippen LogP contribution in [-0.2, 0) is 0 Å². The largest absolute Gasteiger partial charge is 0.486 e. The van der Waals surface area contributed by atoms with Crippen molar-refractivity contribution in [1.29, 1.82) is 0 Å². The normalized spacial score (nSPS) is 14.8. The van der Waals surface area contributed by atoms with Gasteiger partial charge in [-0.05, 0) is 33.1 Å². The van der Waals surface area contributed by atoms with Crippen molar-refractivity contribution in [2.24, 2.45) is 0 Å². The Balaban J connectivity index is 2.31. The molecule has 1 amide bonds. The van der Waals surface area contributed by atoms with E-state index in [-0.39, 0.29) is 12.0 Å². The van der Waals surface area contributed by atoms with Crippen LogP contribution in [0.4, 0.5) is 10.7 Å². The number of carbonyl (C=O) groups excluding carboxylic acids is 1. The smallest absolute Gasteiger partial charge is 0.263 e. The van der Waals surface area contributed by atoms with Crippen molar-refractivity contribution in [3.05, 3.63) is 4.88 Å². The first kappa shape index (κ1) is 15.9. The third-order valence-electron chi connectivity index (χ3n) is 3.37. The molecule has 0 atom stereocenters. The van der Waals surface area contributed by atoms with Crippen LogP contribution in [0.2, 0.25) is 0 Å². The van der Waals surface area contributed by atoms with E-state index >= 15 is 0 Å². The van der Waals surface area contributed by atoms with Gasteiger partial charge in [0.25, 0.3) is 5.91 Å². The number of anilines is 2. The molecule has 6 heteroatoms. The van der Waals surface area contributed by atoms with Gasteiger partial charge in [-0.2, -0.15) is 0 Å². The highest BCUT2D eigenvalue weighted by Crippen LogP contribution is 2.46. The van der Waals surface area contributed by atoms with E-state index in [0.29, 0.717) is 22.9 Å². The number of ether oxygens (including phenoxy) is 1. The van der Waals surface area contributed by atoms with Gasteiger partial charge in [0.2, 0.25) is 0 Å². The molecule has 1 aliphatic heterocycles. The van der Waals surface area contributed by atoms with Crippen molar-refractivity contribution in [1.82, 2.24) is 5.32 Å². The van der Waals surface area contributed by atoms with Crippen LogP contribution in [0.1, 0.15) is 49.7 Å². The summed E-state index contributed by atoms with van der Waals surface area (Å²) in [7, 11) is 0. The fourth-order valence-corrected chi connectivity index (χ4v) is 3.51. The van der Waals surface area contributed by atoms with Crippen LogP contribution in [0.5, 0.6) is 5.75 Å². The van der Waals surface area contributed by atoms with Gasteiger partial charge < -0.3 is 20.7 Å². The highest BCUT2D eigenvalue weighted by Gasteiger charge is 2.27. The van der Waals surface area contributed by atoms with Gasteiger partial charge >= 0.3 is 0 Å². The van der Waals surface area contributed by atoms with E-state index in [9.17, 15) is 4.79 Å². The van der Waals surface area contributed by atoms with Crippen LogP contribution < -0.4 is 20.7 Å². The zero-order valence-electron chi connectivity index (χ0n) is 13.1. The van der Waals surface area contributed by atoms with E-state index in [1.165, 1.54) is 24.2 Å². The van der Waals surface area contributed by atoms with Crippen LogP contribution >= 0.6 is 11.3 Å². The van der Waals surface area contributed by atoms with Gasteiger partial charge in [0.15, 0.2) is 5.75 Å². The molecule has 1 aromatic rings. The van der Waals surface area contributed by atoms with E-state index in [0.717, 1.165) is 24.5 Å². The summed E-state index contributed by atoms with van der Waals surface area (Å²) in [6.45, 7) is 8.65. The van der Waals surface area contributed by atoms with Crippen molar-refractivity contribution in [2.45, 2.75) is 46.1 Å². The van der Waals surface area contributed by atoms with Gasteiger partial charge in [-0.1, -0.05) is 6.92 Å². The Morgan fingerprint density at radius 1 is 1.43 bits per heavy atom. The van der Waals surface area contributed by atoms with Crippen molar-refractivity contribution in [3.8, 4) is 5.75 Å². The summed E-state index contributed by atoms with van der Waals surface area (Å²) in [5, 5.41) is 3.89. The molecule has 21 heavy (non-hydrogen) atoms. The summed E-state index contributed by atoms with van der Waals surface area (Å²) in [6, 6.07) is 0. The average molecular weight is 311 g/mol. The minimum Gasteiger partial charge on any atom is -0.486 e. The quantitative estimate of drug-likeness (QED) is 0.847. The maximum atomic E-state index is 12.2. The van der Waals surface area contributed by atoms with Crippen LogP contribution in [0.15, 0.2) is 0 Å². The molecule has 0 aliphatic carbocycles. The van der Waals surface area contributed by atoms with Gasteiger partial charge in [-0.15, -0.1) is 11.3 Å². The van der Waals surface area contributed by atoms with Gasteiger partial charge in [-0.3, -0.25) is 4.79 Å². The Bertz CT molecular complexity index is 493. The second-order valence-corrected chi connectivity index (χ2v) is 6.59. The minimum absolute atomic E-state index is 0.0369. The fourth-order valence-electron chi connectivity index (χ4n) is 2.38. The Kier molecular flexibility index (Phi) is 5.33. The third kappa shape index (κ3) is 3.61. The predicted octanol–water partition coefficient (Wildman–Crippen LogP) is 2.86. The van der Waals surface area contributed by atoms with Gasteiger partial charge in [-0.25, -0.2) is 0 Å². The monoisotopic (exact) mass is 311 g/mol. The summed E-state index contributed by atoms with van der Waals surface area (Å²) >= 11 is 1.45. The molecule has 5 nitrogen and oxygen atoms in total. The molecule has 0 saturated carbocycles. The van der Waals surface area contributed by atoms with E-state index in [4.69, 9.17) is 10.5 Å². The lowest BCUT2D eigenvalue weighted by molar-refractivity contribution is 0.0958. The molecule has 3 N–H and O–H groups in total. The molecule has 0 bridgehead atoms. The lowest BCUT2D eigenvalue weighted by Crippen LogP contribution is -2.23. The molecular formula is C15H25N3O2S. The Morgan fingerprint density at radius 2 is 2.10 bits per heavy atom. The topological polar surface area (TPSA) is 67.6 Å². The second-order valence-electron chi connectivity index (χ2n) is 5.60. The lowest BCUT2D eigenvalue weighted by Gasteiger charge is -2.19. The summed E-state index contributed by atoms with van der Waals surface area (Å²) < 4.78 is 5.89. The SMILES string of the molecule is CCCNC(=O)c1sc(N2CCCC2)c(OC(C)C)c1N. The third-order valence-corrected chi connectivity index (χ3v) is 4.62. The molecule has 2 heterocycles. The zero-order valence-corrected chi connectivity index (χ0v) is 13.9. The molecule has 0 aromatic carbocycles. The van der Waals surface area contributed by atoms with Crippen molar-refractivity contribution in [2.75, 3.05) is 30.3 Å². The van der Waals surface area contributed by atoms with Gasteiger partial charge in [0.1, 0.15) is 15.6 Å². The summed E-state index contributed by atoms with van der Waals surface area (Å²) in [5.41, 5.74) is 6.67. The summed E-state index contributed by atoms with van der Waals surface area (Å²) in [6.07, 6.45) is 3.30. The number of nitrogens with one attached hydrogen (secondary N) is 1. The van der Waals surface area contributed by atoms with Gasteiger partial charge in [0, 0.05) is 19.6 Å². The minimum atomic E-state index is -0.0987. The molecule has 1 fully saturated rings. The Labute approximate surface area is 130 Å². The predicted molar refractivity (Wildman–Crippen MR) is 88.6 cm³/mol. The van der Waals surface area contributed by atoms with Crippen LogP contribution in [-0.4, -0.2) is 31.6 Å². The highest BCUT2D eigenvalue weighted by molar-refractivity contribution is 7.19. The molecule has 118 valence electrons. The Morgan fingerprint density at radius 3 is 2.67 bits per heavy atom. The molecule has 0 unspecified atom stereocenters. The number of rotatable bonds is 6. The number of carbonyl (C=O) groups is 1. The maximum Gasteiger partial charge on any atom is 0.263 e. The van der Waals surface area contributed by atoms with Crippen molar-refractivity contribution >= 4 is 27.9 Å². The first-order valence-corrected chi connectivity index (χ1v) is 8.48. The standard InChI is InChI=1S/C15H25N3O2S/c1-4-7-17-14(19)13-11(16)12(20-10(2)3)15(21-13)18-8-5-6-9-18/h10H,4-9,16H2,1-3H3,(H,17,19). The van der Waals surface area contributed by atoms with Crippen LogP contribution in [0, 0.1) is 0 Å². The second kappa shape index (κ2) is 7.02. The number of nitrogens with zero attached hydrogens (tertiary/aromatic N) is 1. The number of amides is 1. The van der Waals surface area contributed by atoms with E-state index in [1.807, 2.05) is 20.8 Å². The molecule has 2 rings (SSSR count). The molecule has 1 aliphatic rings. The van der Waals surface area contributed by atoms with E-state index in [2.05, 4.69) is 10.2 Å². The van der Waals surface area contributed by atoms with Crippen molar-refractivity contribution < 1.29 is 9.53 Å². The van der Waals surface area contributed by atoms with E-state index < -0.39 is 0 Å². The zero-order chi connectivity index (χ0) is 15.4. The first-order chi connectivity index (χ1) is 10.0. The van der Waals surface area contributed by atoms with Gasteiger partial charge in [0.05, 0.1) is 6.10 Å².